The summed E-state index contributed by atoms with van der Waals surface area (Å²) < 4.78 is 11.2. The molecule has 0 aliphatic carbocycles. The van der Waals surface area contributed by atoms with E-state index >= 15 is 0 Å². The van der Waals surface area contributed by atoms with Gasteiger partial charge in [-0.05, 0) is 55.1 Å². The largest absolute Gasteiger partial charge is 0.508 e. The van der Waals surface area contributed by atoms with Crippen LogP contribution in [0.5, 0.6) is 5.75 Å². The predicted octanol–water partition coefficient (Wildman–Crippen LogP) is 5.68. The second kappa shape index (κ2) is 15.5. The minimum atomic E-state index is -0.145. The summed E-state index contributed by atoms with van der Waals surface area (Å²) in [5.74, 6) is 0.473. The first-order valence-electron chi connectivity index (χ1n) is 11.2. The molecule has 0 fully saturated rings. The van der Waals surface area contributed by atoms with E-state index in [0.29, 0.717) is 41.3 Å². The van der Waals surface area contributed by atoms with Crippen LogP contribution in [0.2, 0.25) is 10.0 Å². The van der Waals surface area contributed by atoms with Crippen molar-refractivity contribution in [1.82, 2.24) is 5.32 Å². The summed E-state index contributed by atoms with van der Waals surface area (Å²) in [6, 6.07) is 10.9. The Labute approximate surface area is 201 Å². The molecule has 0 spiro atoms. The standard InChI is InChI=1S/C25H35Cl2NO4/c1-19(20-9-10-25(30)21(15-20)17-29)16-28-11-4-2-3-5-12-31-13-14-32-18-22-23(26)7-6-8-24(22)27/h6-10,15,19,28-30H,2-5,11-14,16-18H2,1H3. The van der Waals surface area contributed by atoms with Crippen LogP contribution in [0.15, 0.2) is 36.4 Å². The van der Waals surface area contributed by atoms with Gasteiger partial charge in [0.1, 0.15) is 5.75 Å². The zero-order valence-electron chi connectivity index (χ0n) is 18.8. The lowest BCUT2D eigenvalue weighted by Gasteiger charge is -2.14. The van der Waals surface area contributed by atoms with Crippen LogP contribution in [0.25, 0.3) is 0 Å². The summed E-state index contributed by atoms with van der Waals surface area (Å²) in [7, 11) is 0. The molecule has 0 bridgehead atoms. The van der Waals surface area contributed by atoms with Crippen LogP contribution in [0.4, 0.5) is 0 Å². The number of unbranched alkanes of at least 4 members (excludes halogenated alkanes) is 3. The smallest absolute Gasteiger partial charge is 0.121 e. The zero-order valence-corrected chi connectivity index (χ0v) is 20.3. The Morgan fingerprint density at radius 3 is 2.41 bits per heavy atom. The van der Waals surface area contributed by atoms with Gasteiger partial charge in [-0.2, -0.15) is 0 Å². The number of benzene rings is 2. The highest BCUT2D eigenvalue weighted by Gasteiger charge is 2.08. The van der Waals surface area contributed by atoms with E-state index in [1.165, 1.54) is 6.42 Å². The van der Waals surface area contributed by atoms with Gasteiger partial charge >= 0.3 is 0 Å². The number of hydrogen-bond acceptors (Lipinski definition) is 5. The summed E-state index contributed by atoms with van der Waals surface area (Å²) in [5, 5.41) is 23.7. The van der Waals surface area contributed by atoms with Gasteiger partial charge in [0.15, 0.2) is 0 Å². The number of halogens is 2. The first-order valence-corrected chi connectivity index (χ1v) is 12.0. The van der Waals surface area contributed by atoms with Crippen LogP contribution in [-0.2, 0) is 22.7 Å². The van der Waals surface area contributed by atoms with Crippen LogP contribution in [0.3, 0.4) is 0 Å². The number of aromatic hydroxyl groups is 1. The lowest BCUT2D eigenvalue weighted by molar-refractivity contribution is 0.0393. The van der Waals surface area contributed by atoms with E-state index in [4.69, 9.17) is 32.7 Å². The first-order chi connectivity index (χ1) is 15.5. The molecule has 2 aromatic carbocycles. The molecule has 0 saturated heterocycles. The Hall–Kier alpha value is -1.34. The number of rotatable bonds is 16. The highest BCUT2D eigenvalue weighted by atomic mass is 35.5. The molecule has 2 aromatic rings. The Kier molecular flexibility index (Phi) is 13.0. The molecule has 178 valence electrons. The number of hydrogen-bond donors (Lipinski definition) is 3. The van der Waals surface area contributed by atoms with Crippen LogP contribution in [0, 0.1) is 0 Å². The van der Waals surface area contributed by atoms with E-state index in [-0.39, 0.29) is 12.4 Å². The Balaban J connectivity index is 1.42. The van der Waals surface area contributed by atoms with Crippen molar-refractivity contribution in [2.45, 2.75) is 51.7 Å². The highest BCUT2D eigenvalue weighted by molar-refractivity contribution is 6.35. The minimum absolute atomic E-state index is 0.145. The maximum Gasteiger partial charge on any atom is 0.121 e. The quantitative estimate of drug-likeness (QED) is 0.268. The van der Waals surface area contributed by atoms with Gasteiger partial charge in [-0.3, -0.25) is 0 Å². The van der Waals surface area contributed by atoms with Crippen molar-refractivity contribution in [1.29, 1.82) is 0 Å². The van der Waals surface area contributed by atoms with Gasteiger partial charge in [0.25, 0.3) is 0 Å². The maximum absolute atomic E-state index is 9.67. The molecule has 0 aromatic heterocycles. The lowest BCUT2D eigenvalue weighted by Crippen LogP contribution is -2.21. The number of ether oxygens (including phenoxy) is 2. The predicted molar refractivity (Wildman–Crippen MR) is 131 cm³/mol. The molecule has 32 heavy (non-hydrogen) atoms. The number of aliphatic hydroxyl groups is 1. The average molecular weight is 484 g/mol. The topological polar surface area (TPSA) is 71.0 Å². The SMILES string of the molecule is CC(CNCCCCCCOCCOCc1c(Cl)cccc1Cl)c1ccc(O)c(CO)c1. The van der Waals surface area contributed by atoms with Crippen molar-refractivity contribution >= 4 is 23.2 Å². The fourth-order valence-electron chi connectivity index (χ4n) is 3.35. The van der Waals surface area contributed by atoms with Gasteiger partial charge in [-0.25, -0.2) is 0 Å². The van der Waals surface area contributed by atoms with E-state index in [1.807, 2.05) is 30.3 Å². The monoisotopic (exact) mass is 483 g/mol. The lowest BCUT2D eigenvalue weighted by atomic mass is 9.98. The van der Waals surface area contributed by atoms with Gasteiger partial charge in [0.05, 0.1) is 26.4 Å². The molecule has 1 unspecified atom stereocenters. The Bertz CT molecular complexity index is 783. The number of aliphatic hydroxyl groups excluding tert-OH is 1. The van der Waals surface area contributed by atoms with Crippen molar-refractivity contribution in [3.63, 3.8) is 0 Å². The second-order valence-electron chi connectivity index (χ2n) is 7.93. The third-order valence-corrected chi connectivity index (χ3v) is 6.07. The fraction of sp³-hybridized carbons (Fsp3) is 0.520. The fourth-order valence-corrected chi connectivity index (χ4v) is 3.85. The molecule has 3 N–H and O–H groups in total. The highest BCUT2D eigenvalue weighted by Crippen LogP contribution is 2.25. The average Bonchev–Trinajstić information content (AvgIpc) is 2.78. The van der Waals surface area contributed by atoms with E-state index in [9.17, 15) is 10.2 Å². The zero-order chi connectivity index (χ0) is 23.2. The third-order valence-electron chi connectivity index (χ3n) is 5.37. The molecule has 0 saturated carbocycles. The maximum atomic E-state index is 9.67. The molecule has 0 aliphatic rings. The number of phenols is 1. The van der Waals surface area contributed by atoms with E-state index < -0.39 is 0 Å². The Morgan fingerprint density at radius 2 is 1.66 bits per heavy atom. The normalized spacial score (nSPS) is 12.2. The van der Waals surface area contributed by atoms with Gasteiger partial charge in [-0.1, -0.05) is 55.1 Å². The molecule has 2 rings (SSSR count). The van der Waals surface area contributed by atoms with Crippen molar-refractivity contribution in [2.75, 3.05) is 32.9 Å². The first kappa shape index (κ1) is 26.9. The molecule has 1 atom stereocenters. The second-order valence-corrected chi connectivity index (χ2v) is 8.75. The molecule has 7 heteroatoms. The molecule has 0 heterocycles. The third kappa shape index (κ3) is 9.65. The Morgan fingerprint density at radius 1 is 0.938 bits per heavy atom. The van der Waals surface area contributed by atoms with Gasteiger partial charge < -0.3 is 25.0 Å². The van der Waals surface area contributed by atoms with Crippen LogP contribution >= 0.6 is 23.2 Å². The van der Waals surface area contributed by atoms with E-state index in [1.54, 1.807) is 6.07 Å². The van der Waals surface area contributed by atoms with E-state index in [2.05, 4.69) is 12.2 Å². The summed E-state index contributed by atoms with van der Waals surface area (Å²) in [4.78, 5) is 0. The van der Waals surface area contributed by atoms with Crippen LogP contribution < -0.4 is 5.32 Å². The summed E-state index contributed by atoms with van der Waals surface area (Å²) in [6.45, 7) is 6.07. The molecular formula is C25H35Cl2NO4. The summed E-state index contributed by atoms with van der Waals surface area (Å²) >= 11 is 12.2. The van der Waals surface area contributed by atoms with Crippen LogP contribution in [0.1, 0.15) is 55.2 Å². The van der Waals surface area contributed by atoms with Crippen molar-refractivity contribution in [3.8, 4) is 5.75 Å². The molecule has 0 aliphatic heterocycles. The van der Waals surface area contributed by atoms with Crippen LogP contribution in [-0.4, -0.2) is 43.1 Å². The minimum Gasteiger partial charge on any atom is -0.508 e. The van der Waals surface area contributed by atoms with Crippen molar-refractivity contribution in [3.05, 3.63) is 63.1 Å². The molecular weight excluding hydrogens is 449 g/mol. The molecule has 5 nitrogen and oxygen atoms in total. The number of nitrogens with one attached hydrogen (secondary N) is 1. The van der Waals surface area contributed by atoms with Crippen molar-refractivity contribution in [2.24, 2.45) is 0 Å². The van der Waals surface area contributed by atoms with Gasteiger partial charge in [0, 0.05) is 34.3 Å². The van der Waals surface area contributed by atoms with Gasteiger partial charge in [0.2, 0.25) is 0 Å². The molecule has 0 radical (unpaired) electrons. The summed E-state index contributed by atoms with van der Waals surface area (Å²) in [5.41, 5.74) is 2.51. The molecule has 0 amide bonds. The summed E-state index contributed by atoms with van der Waals surface area (Å²) in [6.07, 6.45) is 4.49. The van der Waals surface area contributed by atoms with E-state index in [0.717, 1.165) is 50.1 Å². The van der Waals surface area contributed by atoms with Crippen molar-refractivity contribution < 1.29 is 19.7 Å². The van der Waals surface area contributed by atoms with Gasteiger partial charge in [-0.15, -0.1) is 0 Å².